The van der Waals surface area contributed by atoms with E-state index in [2.05, 4.69) is 26.1 Å². The number of H-pyrrole nitrogens is 1. The van der Waals surface area contributed by atoms with Gasteiger partial charge in [-0.05, 0) is 28.1 Å². The lowest BCUT2D eigenvalue weighted by Gasteiger charge is -2.04. The summed E-state index contributed by atoms with van der Waals surface area (Å²) in [6, 6.07) is 2.80. The maximum absolute atomic E-state index is 13.1. The van der Waals surface area contributed by atoms with Crippen LogP contribution in [0.3, 0.4) is 0 Å². The summed E-state index contributed by atoms with van der Waals surface area (Å²) in [6.07, 6.45) is 1.54. The second-order valence-corrected chi connectivity index (χ2v) is 4.21. The predicted molar refractivity (Wildman–Crippen MR) is 61.1 cm³/mol. The molecule has 0 aliphatic rings. The van der Waals surface area contributed by atoms with Crippen molar-refractivity contribution in [1.29, 1.82) is 0 Å². The van der Waals surface area contributed by atoms with Crippen molar-refractivity contribution in [3.63, 3.8) is 0 Å². The van der Waals surface area contributed by atoms with Crippen LogP contribution in [-0.4, -0.2) is 10.2 Å². The van der Waals surface area contributed by atoms with Crippen LogP contribution in [0.1, 0.15) is 0 Å². The molecule has 0 saturated heterocycles. The minimum absolute atomic E-state index is 0.295. The van der Waals surface area contributed by atoms with Crippen LogP contribution in [0, 0.1) is 5.82 Å². The minimum atomic E-state index is -0.411. The number of aromatic nitrogens is 2. The zero-order chi connectivity index (χ0) is 11.0. The van der Waals surface area contributed by atoms with Crippen molar-refractivity contribution >= 4 is 33.3 Å². The summed E-state index contributed by atoms with van der Waals surface area (Å²) in [5.41, 5.74) is 6.93. The second kappa shape index (κ2) is 3.83. The van der Waals surface area contributed by atoms with E-state index in [0.29, 0.717) is 26.4 Å². The van der Waals surface area contributed by atoms with E-state index in [-0.39, 0.29) is 0 Å². The highest BCUT2D eigenvalue weighted by molar-refractivity contribution is 9.10. The number of nitrogens with zero attached hydrogens (tertiary/aromatic N) is 1. The Hall–Kier alpha value is -1.07. The molecule has 0 radical (unpaired) electrons. The van der Waals surface area contributed by atoms with Crippen LogP contribution in [0.15, 0.2) is 22.8 Å². The first kappa shape index (κ1) is 10.4. The number of benzene rings is 1. The number of anilines is 1. The van der Waals surface area contributed by atoms with E-state index < -0.39 is 5.82 Å². The molecule has 0 saturated carbocycles. The SMILES string of the molecule is Nc1[nH]ncc1-c1cc(Br)c(F)cc1Cl. The van der Waals surface area contributed by atoms with Gasteiger partial charge in [-0.15, -0.1) is 0 Å². The average Bonchev–Trinajstić information content (AvgIpc) is 2.58. The highest BCUT2D eigenvalue weighted by Crippen LogP contribution is 2.34. The van der Waals surface area contributed by atoms with Crippen molar-refractivity contribution in [1.82, 2.24) is 10.2 Å². The molecule has 2 aromatic rings. The van der Waals surface area contributed by atoms with Crippen molar-refractivity contribution in [3.05, 3.63) is 33.6 Å². The summed E-state index contributed by atoms with van der Waals surface area (Å²) in [6.45, 7) is 0. The summed E-state index contributed by atoms with van der Waals surface area (Å²) in [5, 5.41) is 6.66. The number of halogens is 3. The smallest absolute Gasteiger partial charge is 0.138 e. The Balaban J connectivity index is 2.64. The van der Waals surface area contributed by atoms with E-state index in [1.807, 2.05) is 0 Å². The Morgan fingerprint density at radius 3 is 2.73 bits per heavy atom. The van der Waals surface area contributed by atoms with Crippen molar-refractivity contribution < 1.29 is 4.39 Å². The quantitative estimate of drug-likeness (QED) is 0.792. The molecule has 2 rings (SSSR count). The van der Waals surface area contributed by atoms with Gasteiger partial charge in [-0.1, -0.05) is 11.6 Å². The largest absolute Gasteiger partial charge is 0.384 e. The van der Waals surface area contributed by atoms with Gasteiger partial charge < -0.3 is 5.73 Å². The van der Waals surface area contributed by atoms with Gasteiger partial charge in [0.05, 0.1) is 15.7 Å². The fourth-order valence-electron chi connectivity index (χ4n) is 1.24. The molecule has 15 heavy (non-hydrogen) atoms. The Bertz CT molecular complexity index is 512. The molecule has 1 aromatic carbocycles. The normalized spacial score (nSPS) is 10.6. The van der Waals surface area contributed by atoms with Crippen LogP contribution in [0.4, 0.5) is 10.2 Å². The van der Waals surface area contributed by atoms with Gasteiger partial charge >= 0.3 is 0 Å². The Kier molecular flexibility index (Phi) is 2.67. The van der Waals surface area contributed by atoms with Gasteiger partial charge in [0.2, 0.25) is 0 Å². The molecule has 6 heteroatoms. The standard InChI is InChI=1S/C9H6BrClFN3/c10-6-1-4(7(11)2-8(6)12)5-3-14-15-9(5)13/h1-3H,(H3,13,14,15). The molecular formula is C9H6BrClFN3. The zero-order valence-corrected chi connectivity index (χ0v) is 9.73. The van der Waals surface area contributed by atoms with Crippen molar-refractivity contribution in [3.8, 4) is 11.1 Å². The van der Waals surface area contributed by atoms with Crippen LogP contribution >= 0.6 is 27.5 Å². The van der Waals surface area contributed by atoms with Crippen molar-refractivity contribution in [2.24, 2.45) is 0 Å². The predicted octanol–water partition coefficient (Wildman–Crippen LogP) is 3.21. The molecule has 78 valence electrons. The van der Waals surface area contributed by atoms with Gasteiger partial charge in [-0.25, -0.2) is 4.39 Å². The van der Waals surface area contributed by atoms with Crippen LogP contribution in [0.2, 0.25) is 5.02 Å². The van der Waals surface area contributed by atoms with Gasteiger partial charge in [0.15, 0.2) is 0 Å². The highest BCUT2D eigenvalue weighted by atomic mass is 79.9. The van der Waals surface area contributed by atoms with E-state index in [4.69, 9.17) is 17.3 Å². The van der Waals surface area contributed by atoms with Crippen molar-refractivity contribution in [2.45, 2.75) is 0 Å². The Morgan fingerprint density at radius 1 is 1.40 bits per heavy atom. The summed E-state index contributed by atoms with van der Waals surface area (Å²) in [5.74, 6) is -0.0128. The van der Waals surface area contributed by atoms with Gasteiger partial charge in [0, 0.05) is 11.1 Å². The van der Waals surface area contributed by atoms with E-state index in [1.54, 1.807) is 12.3 Å². The summed E-state index contributed by atoms with van der Waals surface area (Å²) >= 11 is 8.99. The van der Waals surface area contributed by atoms with Crippen LogP contribution in [-0.2, 0) is 0 Å². The second-order valence-electron chi connectivity index (χ2n) is 2.94. The third kappa shape index (κ3) is 1.85. The van der Waals surface area contributed by atoms with Gasteiger partial charge in [-0.3, -0.25) is 5.10 Å². The molecule has 0 bridgehead atoms. The van der Waals surface area contributed by atoms with E-state index in [1.165, 1.54) is 6.07 Å². The number of nitrogens with one attached hydrogen (secondary N) is 1. The molecule has 0 atom stereocenters. The third-order valence-corrected chi connectivity index (χ3v) is 2.89. The van der Waals surface area contributed by atoms with Crippen LogP contribution in [0.5, 0.6) is 0 Å². The van der Waals surface area contributed by atoms with Crippen LogP contribution in [0.25, 0.3) is 11.1 Å². The van der Waals surface area contributed by atoms with Crippen LogP contribution < -0.4 is 5.73 Å². The molecular weight excluding hydrogens is 284 g/mol. The lowest BCUT2D eigenvalue weighted by molar-refractivity contribution is 0.621. The molecule has 0 spiro atoms. The maximum atomic E-state index is 13.1. The number of hydrogen-bond acceptors (Lipinski definition) is 2. The molecule has 0 unspecified atom stereocenters. The lowest BCUT2D eigenvalue weighted by Crippen LogP contribution is -1.89. The molecule has 0 fully saturated rings. The van der Waals surface area contributed by atoms with Gasteiger partial charge in [0.1, 0.15) is 11.6 Å². The number of rotatable bonds is 1. The van der Waals surface area contributed by atoms with Gasteiger partial charge in [-0.2, -0.15) is 5.10 Å². The third-order valence-electron chi connectivity index (χ3n) is 1.97. The van der Waals surface area contributed by atoms with E-state index in [0.717, 1.165) is 0 Å². The Labute approximate surface area is 98.6 Å². The van der Waals surface area contributed by atoms with E-state index in [9.17, 15) is 4.39 Å². The highest BCUT2D eigenvalue weighted by Gasteiger charge is 2.12. The van der Waals surface area contributed by atoms with E-state index >= 15 is 0 Å². The molecule has 0 amide bonds. The lowest BCUT2D eigenvalue weighted by atomic mass is 10.1. The first-order valence-electron chi connectivity index (χ1n) is 4.03. The minimum Gasteiger partial charge on any atom is -0.384 e. The summed E-state index contributed by atoms with van der Waals surface area (Å²) < 4.78 is 13.5. The molecule has 3 N–H and O–H groups in total. The molecule has 1 heterocycles. The number of aromatic amines is 1. The molecule has 0 aliphatic heterocycles. The average molecular weight is 291 g/mol. The maximum Gasteiger partial charge on any atom is 0.138 e. The topological polar surface area (TPSA) is 54.7 Å². The fourth-order valence-corrected chi connectivity index (χ4v) is 1.84. The summed E-state index contributed by atoms with van der Waals surface area (Å²) in [7, 11) is 0. The Morgan fingerprint density at radius 2 is 2.13 bits per heavy atom. The molecule has 0 aliphatic carbocycles. The first-order valence-corrected chi connectivity index (χ1v) is 5.20. The number of hydrogen-bond donors (Lipinski definition) is 2. The number of nitrogens with two attached hydrogens (primary N) is 1. The van der Waals surface area contributed by atoms with Gasteiger partial charge in [0.25, 0.3) is 0 Å². The first-order chi connectivity index (χ1) is 7.09. The summed E-state index contributed by atoms with van der Waals surface area (Å²) in [4.78, 5) is 0. The monoisotopic (exact) mass is 289 g/mol. The fraction of sp³-hybridized carbons (Fsp3) is 0. The molecule has 1 aromatic heterocycles. The van der Waals surface area contributed by atoms with Crippen molar-refractivity contribution in [2.75, 3.05) is 5.73 Å². The number of nitrogen functional groups attached to an aromatic ring is 1. The molecule has 3 nitrogen and oxygen atoms in total. The zero-order valence-electron chi connectivity index (χ0n) is 7.39.